The van der Waals surface area contributed by atoms with Crippen molar-refractivity contribution in [3.8, 4) is 123 Å². The SMILES string of the molecule is CC1(C)c2ccccc2-c2ccc(N(c3ccc(-c4ccc(-c5ccc6c(c5)oc5ccccc56)cc4)cc3)c3ccc(-c4ccc(-c5ccc6c(c5)c5ccccc5n6-c5ccccc5)cc4)cc3)cc21.CC1(C)c2ccccc2-c2ccc(N(c3ccc(-c4ccc(-c5ccc6oc7ccccc7c6c5)cc4)cc3)c3ccc(-c4ccc(-c5ccc6c(c5)c5ccccc5n6-c5ccccc5)cc4)cc3)cc21. The van der Waals surface area contributed by atoms with Gasteiger partial charge in [-0.15, -0.1) is 0 Å². The number of anilines is 6. The van der Waals surface area contributed by atoms with Gasteiger partial charge >= 0.3 is 0 Å². The van der Waals surface area contributed by atoms with Gasteiger partial charge in [-0.2, -0.15) is 0 Å². The van der Waals surface area contributed by atoms with Crippen molar-refractivity contribution in [2.75, 3.05) is 9.80 Å². The Morgan fingerprint density at radius 3 is 0.799 bits per heavy atom. The first-order valence-corrected chi connectivity index (χ1v) is 49.8. The lowest BCUT2D eigenvalue weighted by Gasteiger charge is -2.28. The normalized spacial score (nSPS) is 12.7. The fraction of sp³-hybridized carbons (Fsp3) is 0.0435. The maximum Gasteiger partial charge on any atom is 0.136 e. The van der Waals surface area contributed by atoms with Crippen molar-refractivity contribution in [2.24, 2.45) is 0 Å². The van der Waals surface area contributed by atoms with E-state index in [4.69, 9.17) is 8.83 Å². The molecule has 2 aliphatic carbocycles. The second-order valence-corrected chi connectivity index (χ2v) is 39.4. The van der Waals surface area contributed by atoms with Gasteiger partial charge in [0.15, 0.2) is 0 Å². The number of fused-ring (bicyclic) bond motifs is 18. The van der Waals surface area contributed by atoms with E-state index in [1.54, 1.807) is 0 Å². The molecule has 6 nitrogen and oxygen atoms in total. The van der Waals surface area contributed by atoms with E-state index in [1.807, 2.05) is 24.3 Å². The highest BCUT2D eigenvalue weighted by molar-refractivity contribution is 6.13. The lowest BCUT2D eigenvalue weighted by Crippen LogP contribution is -2.16. The van der Waals surface area contributed by atoms with Crippen molar-refractivity contribution in [3.63, 3.8) is 0 Å². The Labute approximate surface area is 836 Å². The second kappa shape index (κ2) is 34.3. The number of furan rings is 2. The molecule has 4 heterocycles. The quantitative estimate of drug-likeness (QED) is 0.0967. The smallest absolute Gasteiger partial charge is 0.136 e. The zero-order valence-electron chi connectivity index (χ0n) is 80.1. The second-order valence-electron chi connectivity index (χ2n) is 39.4. The van der Waals surface area contributed by atoms with Crippen molar-refractivity contribution in [1.82, 2.24) is 9.13 Å². The third-order valence-electron chi connectivity index (χ3n) is 30.5. The van der Waals surface area contributed by atoms with E-state index in [-0.39, 0.29) is 10.8 Å². The molecule has 0 atom stereocenters. The van der Waals surface area contributed by atoms with Gasteiger partial charge in [0.2, 0.25) is 0 Å². The first-order valence-electron chi connectivity index (χ1n) is 49.8. The highest BCUT2D eigenvalue weighted by Gasteiger charge is 2.38. The Balaban J connectivity index is 0.000000143. The van der Waals surface area contributed by atoms with Crippen LogP contribution in [0.2, 0.25) is 0 Å². The molecule has 6 heteroatoms. The molecule has 0 amide bonds. The minimum Gasteiger partial charge on any atom is -0.456 e. The largest absolute Gasteiger partial charge is 0.456 e. The standard InChI is InChI=1S/2C69H48N2O/c1-69(2)63-17-9-6-14-57(63)58-39-38-56(44-64(58)69)70(55-36-30-48(31-37-55)46-22-26-50(27-23-46)52-33-41-68-62(43-52)60-16-8-11-19-67(60)72-68)54-34-28-47(29-35-54)45-20-24-49(25-21-45)51-32-40-66-61(42-51)59-15-7-10-18-65(59)71(66)53-12-4-3-5-13-53;1-69(2)63-17-9-6-14-57(63)58-40-38-56(44-64(58)69)70(55-36-30-48(31-37-55)46-22-26-50(27-23-46)52-32-39-61-60-16-8-11-19-67(60)72-68(61)43-52)54-34-28-47(29-35-54)45-20-24-49(25-21-45)51-33-41-66-62(42-51)59-15-7-10-18-65(59)71(66)53-12-4-3-5-13-53/h2*3-44H,1-2H3. The number of para-hydroxylation sites is 6. The zero-order valence-corrected chi connectivity index (χ0v) is 80.1. The lowest BCUT2D eigenvalue weighted by molar-refractivity contribution is 0.660. The molecule has 0 saturated heterocycles. The predicted molar refractivity (Wildman–Crippen MR) is 604 cm³/mol. The van der Waals surface area contributed by atoms with E-state index in [9.17, 15) is 0 Å². The predicted octanol–water partition coefficient (Wildman–Crippen LogP) is 38.3. The topological polar surface area (TPSA) is 42.6 Å². The molecule has 0 N–H and O–H groups in total. The first kappa shape index (κ1) is 84.9. The van der Waals surface area contributed by atoms with Crippen LogP contribution in [0.3, 0.4) is 0 Å². The Morgan fingerprint density at radius 2 is 0.410 bits per heavy atom. The van der Waals surface area contributed by atoms with Gasteiger partial charge in [0, 0.05) is 99.4 Å². The van der Waals surface area contributed by atoms with E-state index in [0.29, 0.717) is 0 Å². The summed E-state index contributed by atoms with van der Waals surface area (Å²) in [7, 11) is 0. The Hall–Kier alpha value is -18.4. The van der Waals surface area contributed by atoms with Crippen LogP contribution in [-0.2, 0) is 10.8 Å². The zero-order chi connectivity index (χ0) is 95.8. The molecule has 0 aliphatic heterocycles. The van der Waals surface area contributed by atoms with E-state index < -0.39 is 0 Å². The maximum absolute atomic E-state index is 6.22. The van der Waals surface area contributed by atoms with Gasteiger partial charge < -0.3 is 27.8 Å². The molecule has 26 aromatic rings. The molecular formula is C138H96N4O2. The van der Waals surface area contributed by atoms with Gasteiger partial charge in [0.05, 0.1) is 22.1 Å². The summed E-state index contributed by atoms with van der Waals surface area (Å²) in [5.74, 6) is 0. The average molecular weight is 1840 g/mol. The van der Waals surface area contributed by atoms with Crippen LogP contribution in [-0.4, -0.2) is 9.13 Å². The third kappa shape index (κ3) is 14.5. The molecule has 28 rings (SSSR count). The molecule has 0 saturated carbocycles. The van der Waals surface area contributed by atoms with Gasteiger partial charge in [-0.25, -0.2) is 0 Å². The van der Waals surface area contributed by atoms with Crippen molar-refractivity contribution in [3.05, 3.63) is 532 Å². The summed E-state index contributed by atoms with van der Waals surface area (Å²) >= 11 is 0. The molecule has 0 fully saturated rings. The molecule has 2 aliphatic rings. The number of nitrogens with zero attached hydrogens (tertiary/aromatic N) is 4. The summed E-state index contributed by atoms with van der Waals surface area (Å²) in [6, 6.07) is 186. The van der Waals surface area contributed by atoms with E-state index in [2.05, 4.69) is 532 Å². The Kier molecular flexibility index (Phi) is 20.2. The molecule has 680 valence electrons. The van der Waals surface area contributed by atoms with E-state index in [1.165, 1.54) is 177 Å². The summed E-state index contributed by atoms with van der Waals surface area (Å²) in [5, 5.41) is 9.60. The summed E-state index contributed by atoms with van der Waals surface area (Å²) < 4.78 is 17.1. The van der Waals surface area contributed by atoms with Gasteiger partial charge in [0.1, 0.15) is 22.3 Å². The van der Waals surface area contributed by atoms with Crippen molar-refractivity contribution in [1.29, 1.82) is 0 Å². The average Bonchev–Trinajstić information content (AvgIpc) is 1.57. The molecule has 4 aromatic heterocycles. The van der Waals surface area contributed by atoms with Crippen LogP contribution in [0.15, 0.2) is 518 Å². The van der Waals surface area contributed by atoms with E-state index >= 15 is 0 Å². The van der Waals surface area contributed by atoms with E-state index in [0.717, 1.165) is 89.1 Å². The molecule has 144 heavy (non-hydrogen) atoms. The lowest BCUT2D eigenvalue weighted by atomic mass is 9.82. The molecule has 0 spiro atoms. The number of benzene rings is 22. The van der Waals surface area contributed by atoms with Crippen LogP contribution in [0.5, 0.6) is 0 Å². The first-order chi connectivity index (χ1) is 70.8. The highest BCUT2D eigenvalue weighted by Crippen LogP contribution is 2.54. The summed E-state index contributed by atoms with van der Waals surface area (Å²) in [4.78, 5) is 4.80. The van der Waals surface area contributed by atoms with Gasteiger partial charge in [0.25, 0.3) is 0 Å². The van der Waals surface area contributed by atoms with Crippen LogP contribution in [0, 0.1) is 0 Å². The van der Waals surface area contributed by atoms with Gasteiger partial charge in [-0.05, 0) is 303 Å². The summed E-state index contributed by atoms with van der Waals surface area (Å²) in [6.45, 7) is 9.41. The third-order valence-corrected chi connectivity index (χ3v) is 30.5. The Bertz CT molecular complexity index is 9490. The molecule has 0 radical (unpaired) electrons. The Morgan fingerprint density at radius 1 is 0.160 bits per heavy atom. The van der Waals surface area contributed by atoms with Crippen LogP contribution < -0.4 is 9.80 Å². The minimum absolute atomic E-state index is 0.121. The van der Waals surface area contributed by atoms with Crippen LogP contribution in [0.1, 0.15) is 49.9 Å². The number of aromatic nitrogens is 2. The van der Waals surface area contributed by atoms with Crippen molar-refractivity contribution < 1.29 is 8.83 Å². The summed E-state index contributed by atoms with van der Waals surface area (Å²) in [6.07, 6.45) is 0. The molecule has 0 unspecified atom stereocenters. The number of hydrogen-bond acceptors (Lipinski definition) is 4. The van der Waals surface area contributed by atoms with Crippen LogP contribution in [0.25, 0.3) is 210 Å². The van der Waals surface area contributed by atoms with Crippen LogP contribution in [0.4, 0.5) is 34.1 Å². The van der Waals surface area contributed by atoms with Crippen LogP contribution >= 0.6 is 0 Å². The summed E-state index contributed by atoms with van der Waals surface area (Å²) in [5.41, 5.74) is 46.9. The van der Waals surface area contributed by atoms with Crippen molar-refractivity contribution >= 4 is 122 Å². The number of hydrogen-bond donors (Lipinski definition) is 0. The monoisotopic (exact) mass is 1840 g/mol. The van der Waals surface area contributed by atoms with Gasteiger partial charge in [-0.3, -0.25) is 0 Å². The fourth-order valence-corrected chi connectivity index (χ4v) is 23.0. The fourth-order valence-electron chi connectivity index (χ4n) is 23.0. The highest BCUT2D eigenvalue weighted by atomic mass is 16.3. The molecule has 0 bridgehead atoms. The minimum atomic E-state index is -0.121. The van der Waals surface area contributed by atoms with Gasteiger partial charge in [-0.1, -0.05) is 367 Å². The maximum atomic E-state index is 6.22. The number of rotatable bonds is 16. The molecular weight excluding hydrogens is 1750 g/mol. The van der Waals surface area contributed by atoms with Crippen molar-refractivity contribution in [2.45, 2.75) is 38.5 Å². The molecule has 22 aromatic carbocycles.